The van der Waals surface area contributed by atoms with E-state index in [-0.39, 0.29) is 0 Å². The first kappa shape index (κ1) is 13.4. The van der Waals surface area contributed by atoms with Crippen molar-refractivity contribution in [2.75, 3.05) is 18.1 Å². The predicted molar refractivity (Wildman–Crippen MR) is 74.0 cm³/mol. The summed E-state index contributed by atoms with van der Waals surface area (Å²) >= 11 is 7.71. The zero-order chi connectivity index (χ0) is 11.8. The zero-order valence-corrected chi connectivity index (χ0v) is 10.9. The van der Waals surface area contributed by atoms with E-state index in [1.165, 1.54) is 5.56 Å². The molecule has 3 heteroatoms. The second-order valence-electron chi connectivity index (χ2n) is 3.49. The first-order valence-electron chi connectivity index (χ1n) is 5.24. The molecular weight excluding hydrogens is 238 g/mol. The highest BCUT2D eigenvalue weighted by Crippen LogP contribution is 2.17. The molecule has 0 saturated heterocycles. The molecule has 16 heavy (non-hydrogen) atoms. The van der Waals surface area contributed by atoms with Crippen molar-refractivity contribution < 1.29 is 0 Å². The Hall–Kier alpha value is -0.620. The molecule has 1 aromatic carbocycles. The van der Waals surface area contributed by atoms with Gasteiger partial charge < -0.3 is 5.32 Å². The maximum atomic E-state index is 5.94. The maximum absolute atomic E-state index is 5.94. The van der Waals surface area contributed by atoms with Crippen LogP contribution in [-0.2, 0) is 0 Å². The molecular formula is C13H16ClNS. The molecule has 0 spiro atoms. The molecule has 0 saturated carbocycles. The van der Waals surface area contributed by atoms with E-state index in [0.29, 0.717) is 6.04 Å². The van der Waals surface area contributed by atoms with Crippen LogP contribution in [0.1, 0.15) is 18.5 Å². The molecule has 0 aliphatic heterocycles. The lowest BCUT2D eigenvalue weighted by molar-refractivity contribution is 0.601. The van der Waals surface area contributed by atoms with Crippen LogP contribution < -0.4 is 5.32 Å². The van der Waals surface area contributed by atoms with Gasteiger partial charge in [-0.1, -0.05) is 29.7 Å². The number of hydrogen-bond donors (Lipinski definition) is 1. The van der Waals surface area contributed by atoms with E-state index < -0.39 is 0 Å². The fraction of sp³-hybridized carbons (Fsp3) is 0.385. The van der Waals surface area contributed by atoms with Crippen LogP contribution in [0.3, 0.4) is 0 Å². The first-order valence-corrected chi connectivity index (χ1v) is 6.77. The standard InChI is InChI=1S/C13H16ClNS/c1-3-8-16-9-7-15-11(2)12-5-4-6-13(14)10-12/h1,4-6,10-11,15H,7-9H2,2H3. The number of hydrogen-bond acceptors (Lipinski definition) is 2. The van der Waals surface area contributed by atoms with Gasteiger partial charge in [-0.05, 0) is 24.6 Å². The Balaban J connectivity index is 2.30. The molecule has 1 rings (SSSR count). The topological polar surface area (TPSA) is 12.0 Å². The molecule has 1 aromatic rings. The van der Waals surface area contributed by atoms with Gasteiger partial charge in [0.1, 0.15) is 0 Å². The van der Waals surface area contributed by atoms with Crippen molar-refractivity contribution in [1.29, 1.82) is 0 Å². The van der Waals surface area contributed by atoms with Gasteiger partial charge in [0, 0.05) is 23.4 Å². The first-order chi connectivity index (χ1) is 7.74. The van der Waals surface area contributed by atoms with Crippen molar-refractivity contribution in [3.8, 4) is 12.3 Å². The molecule has 1 N–H and O–H groups in total. The number of rotatable bonds is 6. The van der Waals surface area contributed by atoms with Gasteiger partial charge in [-0.15, -0.1) is 18.2 Å². The third kappa shape index (κ3) is 4.94. The number of halogens is 1. The number of nitrogens with one attached hydrogen (secondary N) is 1. The summed E-state index contributed by atoms with van der Waals surface area (Å²) in [5, 5.41) is 4.22. The number of benzene rings is 1. The fourth-order valence-electron chi connectivity index (χ4n) is 1.37. The molecule has 1 unspecified atom stereocenters. The van der Waals surface area contributed by atoms with Crippen LogP contribution in [0.25, 0.3) is 0 Å². The summed E-state index contributed by atoms with van der Waals surface area (Å²) in [6.45, 7) is 3.09. The average Bonchev–Trinajstić information content (AvgIpc) is 2.28. The van der Waals surface area contributed by atoms with Gasteiger partial charge in [0.2, 0.25) is 0 Å². The Morgan fingerprint density at radius 2 is 2.38 bits per heavy atom. The Morgan fingerprint density at radius 3 is 3.06 bits per heavy atom. The molecule has 0 aliphatic rings. The summed E-state index contributed by atoms with van der Waals surface area (Å²) in [7, 11) is 0. The summed E-state index contributed by atoms with van der Waals surface area (Å²) < 4.78 is 0. The minimum Gasteiger partial charge on any atom is -0.309 e. The van der Waals surface area contributed by atoms with Crippen LogP contribution in [0.15, 0.2) is 24.3 Å². The molecule has 0 aliphatic carbocycles. The highest BCUT2D eigenvalue weighted by molar-refractivity contribution is 7.99. The SMILES string of the molecule is C#CCSCCNC(C)c1cccc(Cl)c1. The third-order valence-corrected chi connectivity index (χ3v) is 3.33. The number of terminal acetylenes is 1. The molecule has 0 heterocycles. The van der Waals surface area contributed by atoms with E-state index in [2.05, 4.69) is 24.2 Å². The summed E-state index contributed by atoms with van der Waals surface area (Å²) in [6, 6.07) is 8.26. The van der Waals surface area contributed by atoms with Crippen LogP contribution in [0.5, 0.6) is 0 Å². The Kier molecular flexibility index (Phi) is 6.40. The Morgan fingerprint density at radius 1 is 1.56 bits per heavy atom. The molecule has 0 bridgehead atoms. The number of thioether (sulfide) groups is 1. The normalized spacial score (nSPS) is 12.1. The lowest BCUT2D eigenvalue weighted by Crippen LogP contribution is -2.21. The van der Waals surface area contributed by atoms with Crippen LogP contribution >= 0.6 is 23.4 Å². The Labute approximate surface area is 107 Å². The highest BCUT2D eigenvalue weighted by Gasteiger charge is 2.03. The summed E-state index contributed by atoms with van der Waals surface area (Å²) in [4.78, 5) is 0. The monoisotopic (exact) mass is 253 g/mol. The second kappa shape index (κ2) is 7.62. The van der Waals surface area contributed by atoms with E-state index in [4.69, 9.17) is 18.0 Å². The lowest BCUT2D eigenvalue weighted by atomic mass is 10.1. The molecule has 86 valence electrons. The molecule has 0 radical (unpaired) electrons. The highest BCUT2D eigenvalue weighted by atomic mass is 35.5. The smallest absolute Gasteiger partial charge is 0.0545 e. The predicted octanol–water partition coefficient (Wildman–Crippen LogP) is 3.36. The quantitative estimate of drug-likeness (QED) is 0.616. The summed E-state index contributed by atoms with van der Waals surface area (Å²) in [5.41, 5.74) is 1.22. The van der Waals surface area contributed by atoms with Crippen molar-refractivity contribution in [3.05, 3.63) is 34.9 Å². The van der Waals surface area contributed by atoms with E-state index in [0.717, 1.165) is 23.1 Å². The van der Waals surface area contributed by atoms with Crippen molar-refractivity contribution in [3.63, 3.8) is 0 Å². The molecule has 0 amide bonds. The van der Waals surface area contributed by atoms with Crippen molar-refractivity contribution in [2.45, 2.75) is 13.0 Å². The van der Waals surface area contributed by atoms with Crippen LogP contribution in [0, 0.1) is 12.3 Å². The van der Waals surface area contributed by atoms with Gasteiger partial charge in [0.25, 0.3) is 0 Å². The van der Waals surface area contributed by atoms with Crippen molar-refractivity contribution in [2.24, 2.45) is 0 Å². The minimum absolute atomic E-state index is 0.324. The largest absolute Gasteiger partial charge is 0.309 e. The molecule has 1 nitrogen and oxygen atoms in total. The zero-order valence-electron chi connectivity index (χ0n) is 9.37. The fourth-order valence-corrected chi connectivity index (χ4v) is 2.10. The van der Waals surface area contributed by atoms with Gasteiger partial charge in [-0.3, -0.25) is 0 Å². The van der Waals surface area contributed by atoms with Gasteiger partial charge in [-0.2, -0.15) is 0 Å². The molecule has 0 fully saturated rings. The van der Waals surface area contributed by atoms with Crippen molar-refractivity contribution in [1.82, 2.24) is 5.32 Å². The Bertz CT molecular complexity index is 359. The van der Waals surface area contributed by atoms with Crippen LogP contribution in [0.4, 0.5) is 0 Å². The van der Waals surface area contributed by atoms with Crippen LogP contribution in [0.2, 0.25) is 5.02 Å². The van der Waals surface area contributed by atoms with Gasteiger partial charge in [0.15, 0.2) is 0 Å². The average molecular weight is 254 g/mol. The summed E-state index contributed by atoms with van der Waals surface area (Å²) in [5.74, 6) is 4.43. The maximum Gasteiger partial charge on any atom is 0.0545 e. The van der Waals surface area contributed by atoms with Crippen LogP contribution in [-0.4, -0.2) is 18.1 Å². The van der Waals surface area contributed by atoms with E-state index >= 15 is 0 Å². The van der Waals surface area contributed by atoms with Crippen molar-refractivity contribution >= 4 is 23.4 Å². The van der Waals surface area contributed by atoms with E-state index in [9.17, 15) is 0 Å². The van der Waals surface area contributed by atoms with Gasteiger partial charge in [-0.25, -0.2) is 0 Å². The summed E-state index contributed by atoms with van der Waals surface area (Å²) in [6.07, 6.45) is 5.17. The molecule has 1 atom stereocenters. The van der Waals surface area contributed by atoms with E-state index in [1.807, 2.05) is 18.2 Å². The lowest BCUT2D eigenvalue weighted by Gasteiger charge is -2.14. The van der Waals surface area contributed by atoms with E-state index in [1.54, 1.807) is 11.8 Å². The van der Waals surface area contributed by atoms with Gasteiger partial charge >= 0.3 is 0 Å². The molecule has 0 aromatic heterocycles. The second-order valence-corrected chi connectivity index (χ2v) is 5.03. The van der Waals surface area contributed by atoms with Gasteiger partial charge in [0.05, 0.1) is 5.75 Å². The minimum atomic E-state index is 0.324. The third-order valence-electron chi connectivity index (χ3n) is 2.23.